The number of hydrogen-bond donors (Lipinski definition) is 1. The van der Waals surface area contributed by atoms with Crippen LogP contribution in [-0.2, 0) is 6.54 Å². The Hall–Kier alpha value is -1.91. The summed E-state index contributed by atoms with van der Waals surface area (Å²) in [5.74, 6) is -0.331. The van der Waals surface area contributed by atoms with Crippen molar-refractivity contribution >= 4 is 5.95 Å². The number of halogens is 2. The lowest BCUT2D eigenvalue weighted by Crippen LogP contribution is -2.22. The zero-order valence-corrected chi connectivity index (χ0v) is 9.95. The summed E-state index contributed by atoms with van der Waals surface area (Å²) in [6.45, 7) is 2.72. The Labute approximate surface area is 103 Å². The monoisotopic (exact) mass is 249 g/mol. The second-order valence-corrected chi connectivity index (χ2v) is 4.59. The molecule has 0 saturated heterocycles. The second kappa shape index (κ2) is 4.08. The number of nitrogens with one attached hydrogen (secondary N) is 1. The first-order valence-corrected chi connectivity index (χ1v) is 5.88. The van der Waals surface area contributed by atoms with Gasteiger partial charge in [0.25, 0.3) is 0 Å². The third-order valence-corrected chi connectivity index (χ3v) is 3.15. The van der Waals surface area contributed by atoms with Crippen molar-refractivity contribution in [1.29, 1.82) is 0 Å². The summed E-state index contributed by atoms with van der Waals surface area (Å²) in [5.41, 5.74) is 1.56. The van der Waals surface area contributed by atoms with Crippen molar-refractivity contribution in [2.45, 2.75) is 25.9 Å². The summed E-state index contributed by atoms with van der Waals surface area (Å²) in [4.78, 5) is 4.34. The first-order valence-electron chi connectivity index (χ1n) is 5.88. The van der Waals surface area contributed by atoms with Gasteiger partial charge in [-0.3, -0.25) is 0 Å². The molecule has 1 aliphatic rings. The van der Waals surface area contributed by atoms with E-state index in [4.69, 9.17) is 0 Å². The minimum atomic E-state index is -0.545. The van der Waals surface area contributed by atoms with E-state index in [-0.39, 0.29) is 6.04 Å². The maximum atomic E-state index is 13.2. The van der Waals surface area contributed by atoms with Gasteiger partial charge < -0.3 is 9.88 Å². The van der Waals surface area contributed by atoms with Gasteiger partial charge in [0.2, 0.25) is 5.95 Å². The summed E-state index contributed by atoms with van der Waals surface area (Å²) in [6.07, 6.45) is 2.75. The number of nitrogens with zero attached hydrogens (tertiary/aromatic N) is 2. The Bertz CT molecular complexity index is 572. The number of aryl methyl sites for hydroxylation is 2. The van der Waals surface area contributed by atoms with Crippen LogP contribution in [0.25, 0.3) is 0 Å². The third-order valence-electron chi connectivity index (χ3n) is 3.15. The molecule has 94 valence electrons. The van der Waals surface area contributed by atoms with E-state index in [0.717, 1.165) is 30.7 Å². The zero-order valence-electron chi connectivity index (χ0n) is 9.95. The highest BCUT2D eigenvalue weighted by Gasteiger charge is 2.21. The Morgan fingerprint density at radius 2 is 2.00 bits per heavy atom. The fraction of sp³-hybridized carbons (Fsp3) is 0.308. The molecule has 18 heavy (non-hydrogen) atoms. The molecule has 0 aliphatic carbocycles. The number of anilines is 1. The van der Waals surface area contributed by atoms with Crippen molar-refractivity contribution < 1.29 is 8.78 Å². The lowest BCUT2D eigenvalue weighted by molar-refractivity contribution is 0.529. The van der Waals surface area contributed by atoms with Crippen molar-refractivity contribution in [3.63, 3.8) is 0 Å². The molecular weight excluding hydrogens is 236 g/mol. The van der Waals surface area contributed by atoms with Crippen molar-refractivity contribution in [2.75, 3.05) is 5.32 Å². The fourth-order valence-electron chi connectivity index (χ4n) is 2.35. The molecule has 0 spiro atoms. The number of imidazole rings is 1. The maximum absolute atomic E-state index is 13.2. The van der Waals surface area contributed by atoms with Crippen LogP contribution in [0.1, 0.15) is 23.7 Å². The average Bonchev–Trinajstić information content (AvgIpc) is 2.66. The summed E-state index contributed by atoms with van der Waals surface area (Å²) in [6, 6.07) is 3.53. The van der Waals surface area contributed by atoms with Crippen LogP contribution in [0.5, 0.6) is 0 Å². The SMILES string of the molecule is Cc1cn2c(n1)NC(c1cc(F)cc(F)c1)CC2. The minimum absolute atomic E-state index is 0.0931. The van der Waals surface area contributed by atoms with Gasteiger partial charge in [-0.1, -0.05) is 0 Å². The highest BCUT2D eigenvalue weighted by atomic mass is 19.1. The molecule has 3 nitrogen and oxygen atoms in total. The van der Waals surface area contributed by atoms with E-state index in [1.54, 1.807) is 0 Å². The normalized spacial score (nSPS) is 18.3. The first kappa shape index (κ1) is 11.2. The molecule has 2 heterocycles. The van der Waals surface area contributed by atoms with Crippen LogP contribution < -0.4 is 5.32 Å². The predicted molar refractivity (Wildman–Crippen MR) is 64.3 cm³/mol. The molecule has 1 aliphatic heterocycles. The first-order chi connectivity index (χ1) is 8.61. The zero-order chi connectivity index (χ0) is 12.7. The van der Waals surface area contributed by atoms with Gasteiger partial charge in [0.15, 0.2) is 0 Å². The standard InChI is InChI=1S/C13H13F2N3/c1-8-7-18-3-2-12(17-13(18)16-8)9-4-10(14)6-11(15)5-9/h4-7,12H,2-3H2,1H3,(H,16,17). The molecule has 1 aromatic heterocycles. The fourth-order valence-corrected chi connectivity index (χ4v) is 2.35. The summed E-state index contributed by atoms with van der Waals surface area (Å²) in [7, 11) is 0. The summed E-state index contributed by atoms with van der Waals surface area (Å²) >= 11 is 0. The van der Waals surface area contributed by atoms with Crippen molar-refractivity contribution in [2.24, 2.45) is 0 Å². The highest BCUT2D eigenvalue weighted by molar-refractivity contribution is 5.37. The molecule has 0 amide bonds. The number of benzene rings is 1. The van der Waals surface area contributed by atoms with E-state index in [2.05, 4.69) is 10.3 Å². The lowest BCUT2D eigenvalue weighted by Gasteiger charge is -2.25. The number of fused-ring (bicyclic) bond motifs is 1. The molecule has 0 radical (unpaired) electrons. The Balaban J connectivity index is 1.91. The number of hydrogen-bond acceptors (Lipinski definition) is 2. The van der Waals surface area contributed by atoms with Crippen LogP contribution >= 0.6 is 0 Å². The third kappa shape index (κ3) is 1.96. The maximum Gasteiger partial charge on any atom is 0.203 e. The van der Waals surface area contributed by atoms with Gasteiger partial charge >= 0.3 is 0 Å². The molecule has 1 atom stereocenters. The minimum Gasteiger partial charge on any atom is -0.349 e. The average molecular weight is 249 g/mol. The van der Waals surface area contributed by atoms with E-state index in [9.17, 15) is 8.78 Å². The molecule has 0 fully saturated rings. The molecule has 0 saturated carbocycles. The molecule has 1 aromatic carbocycles. The van der Waals surface area contributed by atoms with Gasteiger partial charge in [0.05, 0.1) is 11.7 Å². The Morgan fingerprint density at radius 1 is 1.28 bits per heavy atom. The largest absolute Gasteiger partial charge is 0.349 e. The molecule has 2 aromatic rings. The quantitative estimate of drug-likeness (QED) is 0.842. The van der Waals surface area contributed by atoms with E-state index in [1.807, 2.05) is 17.7 Å². The Kier molecular flexibility index (Phi) is 2.54. The van der Waals surface area contributed by atoms with Crippen LogP contribution in [0.2, 0.25) is 0 Å². The highest BCUT2D eigenvalue weighted by Crippen LogP contribution is 2.28. The van der Waals surface area contributed by atoms with Crippen LogP contribution in [0, 0.1) is 18.6 Å². The van der Waals surface area contributed by atoms with Crippen LogP contribution in [0.15, 0.2) is 24.4 Å². The van der Waals surface area contributed by atoms with Crippen molar-refractivity contribution in [1.82, 2.24) is 9.55 Å². The van der Waals surface area contributed by atoms with Gasteiger partial charge in [-0.2, -0.15) is 0 Å². The summed E-state index contributed by atoms with van der Waals surface area (Å²) < 4.78 is 28.4. The van der Waals surface area contributed by atoms with Gasteiger partial charge in [-0.15, -0.1) is 0 Å². The number of rotatable bonds is 1. The van der Waals surface area contributed by atoms with E-state index in [1.165, 1.54) is 12.1 Å². The van der Waals surface area contributed by atoms with Gasteiger partial charge in [-0.05, 0) is 31.0 Å². The smallest absolute Gasteiger partial charge is 0.203 e. The van der Waals surface area contributed by atoms with Gasteiger partial charge in [-0.25, -0.2) is 13.8 Å². The van der Waals surface area contributed by atoms with Gasteiger partial charge in [0.1, 0.15) is 11.6 Å². The molecule has 3 rings (SSSR count). The molecule has 1 N–H and O–H groups in total. The molecule has 5 heteroatoms. The van der Waals surface area contributed by atoms with Crippen LogP contribution in [0.4, 0.5) is 14.7 Å². The van der Waals surface area contributed by atoms with Crippen LogP contribution in [-0.4, -0.2) is 9.55 Å². The van der Waals surface area contributed by atoms with E-state index < -0.39 is 11.6 Å². The molecular formula is C13H13F2N3. The molecule has 0 bridgehead atoms. The van der Waals surface area contributed by atoms with Crippen molar-refractivity contribution in [3.8, 4) is 0 Å². The van der Waals surface area contributed by atoms with E-state index >= 15 is 0 Å². The Morgan fingerprint density at radius 3 is 2.72 bits per heavy atom. The van der Waals surface area contributed by atoms with Gasteiger partial charge in [0, 0.05) is 18.8 Å². The second-order valence-electron chi connectivity index (χ2n) is 4.59. The summed E-state index contributed by atoms with van der Waals surface area (Å²) in [5, 5.41) is 3.21. The molecule has 1 unspecified atom stereocenters. The predicted octanol–water partition coefficient (Wildman–Crippen LogP) is 3.03. The van der Waals surface area contributed by atoms with E-state index in [0.29, 0.717) is 5.56 Å². The number of aromatic nitrogens is 2. The lowest BCUT2D eigenvalue weighted by atomic mass is 10.0. The topological polar surface area (TPSA) is 29.9 Å². The van der Waals surface area contributed by atoms with Crippen LogP contribution in [0.3, 0.4) is 0 Å². The van der Waals surface area contributed by atoms with Crippen molar-refractivity contribution in [3.05, 3.63) is 47.3 Å².